The Morgan fingerprint density at radius 2 is 1.82 bits per heavy atom. The maximum absolute atomic E-state index is 13.9. The van der Waals surface area contributed by atoms with Crippen molar-refractivity contribution in [2.45, 2.75) is 0 Å². The summed E-state index contributed by atoms with van der Waals surface area (Å²) in [6.45, 7) is 3.46. The number of thiazole rings is 1. The highest BCUT2D eigenvalue weighted by atomic mass is 35.5. The third-order valence-corrected chi connectivity index (χ3v) is 6.94. The Balaban J connectivity index is 1.30. The molecule has 4 heterocycles. The summed E-state index contributed by atoms with van der Waals surface area (Å²) >= 11 is 13.8. The van der Waals surface area contributed by atoms with Crippen molar-refractivity contribution in [2.75, 3.05) is 36.0 Å². The Labute approximate surface area is 174 Å². The summed E-state index contributed by atoms with van der Waals surface area (Å²) in [7, 11) is 1.74. The molecule has 0 saturated carbocycles. The predicted molar refractivity (Wildman–Crippen MR) is 108 cm³/mol. The van der Waals surface area contributed by atoms with Crippen molar-refractivity contribution >= 4 is 45.4 Å². The zero-order chi connectivity index (χ0) is 19.4. The average Bonchev–Trinajstić information content (AvgIpc) is 3.39. The van der Waals surface area contributed by atoms with Gasteiger partial charge in [-0.25, -0.2) is 9.37 Å². The summed E-state index contributed by atoms with van der Waals surface area (Å²) < 4.78 is 13.9. The molecule has 5 rings (SSSR count). The standard InChI is InChI=1S/C17H16Cl2FN7S/c1-25-23-16(22-24-25)14-4-21-17(28-14)27-7-9-5-26(6-10(9)8-27)13-3-11(18)2-12(20)15(13)19/h2-4,9-10H,5-8H2,1H3. The number of tetrazole rings is 1. The molecule has 28 heavy (non-hydrogen) atoms. The number of nitrogens with zero attached hydrogens (tertiary/aromatic N) is 7. The topological polar surface area (TPSA) is 63.0 Å². The number of halogens is 3. The minimum atomic E-state index is -0.476. The van der Waals surface area contributed by atoms with Crippen molar-refractivity contribution in [1.82, 2.24) is 25.2 Å². The lowest BCUT2D eigenvalue weighted by Crippen LogP contribution is -2.28. The van der Waals surface area contributed by atoms with Gasteiger partial charge in [-0.3, -0.25) is 0 Å². The van der Waals surface area contributed by atoms with Crippen LogP contribution in [0.5, 0.6) is 0 Å². The molecule has 11 heteroatoms. The molecule has 2 fully saturated rings. The Morgan fingerprint density at radius 1 is 1.11 bits per heavy atom. The number of rotatable bonds is 3. The Bertz CT molecular complexity index is 1020. The smallest absolute Gasteiger partial charge is 0.216 e. The first-order valence-electron chi connectivity index (χ1n) is 8.82. The first-order valence-corrected chi connectivity index (χ1v) is 10.4. The largest absolute Gasteiger partial charge is 0.369 e. The van der Waals surface area contributed by atoms with Crippen molar-refractivity contribution < 1.29 is 4.39 Å². The molecular formula is C17H16Cl2FN7S. The van der Waals surface area contributed by atoms with Gasteiger partial charge >= 0.3 is 0 Å². The molecule has 0 radical (unpaired) electrons. The minimum Gasteiger partial charge on any atom is -0.369 e. The van der Waals surface area contributed by atoms with Crippen LogP contribution in [0.15, 0.2) is 18.3 Å². The second-order valence-corrected chi connectivity index (χ2v) is 8.98. The molecule has 2 aliphatic rings. The van der Waals surface area contributed by atoms with Crippen LogP contribution in [-0.2, 0) is 7.05 Å². The van der Waals surface area contributed by atoms with E-state index in [1.54, 1.807) is 30.6 Å². The van der Waals surface area contributed by atoms with Gasteiger partial charge in [0.05, 0.1) is 28.8 Å². The molecule has 0 amide bonds. The van der Waals surface area contributed by atoms with E-state index in [1.807, 2.05) is 0 Å². The molecule has 2 aromatic heterocycles. The van der Waals surface area contributed by atoms with Crippen LogP contribution in [0.1, 0.15) is 0 Å². The summed E-state index contributed by atoms with van der Waals surface area (Å²) in [5, 5.41) is 13.6. The van der Waals surface area contributed by atoms with Crippen molar-refractivity contribution in [2.24, 2.45) is 18.9 Å². The van der Waals surface area contributed by atoms with Crippen molar-refractivity contribution in [3.8, 4) is 10.7 Å². The average molecular weight is 440 g/mol. The van der Waals surface area contributed by atoms with Gasteiger partial charge in [0.25, 0.3) is 0 Å². The van der Waals surface area contributed by atoms with Crippen LogP contribution < -0.4 is 9.80 Å². The van der Waals surface area contributed by atoms with Gasteiger partial charge in [0, 0.05) is 43.0 Å². The van der Waals surface area contributed by atoms with Crippen molar-refractivity contribution in [3.63, 3.8) is 0 Å². The zero-order valence-electron chi connectivity index (χ0n) is 14.9. The summed E-state index contributed by atoms with van der Waals surface area (Å²) in [5.74, 6) is 1.06. The molecule has 7 nitrogen and oxygen atoms in total. The maximum Gasteiger partial charge on any atom is 0.216 e. The van der Waals surface area contributed by atoms with Gasteiger partial charge in [0.1, 0.15) is 5.82 Å². The number of aryl methyl sites for hydroxylation is 1. The van der Waals surface area contributed by atoms with Crippen LogP contribution in [0.4, 0.5) is 15.2 Å². The van der Waals surface area contributed by atoms with Gasteiger partial charge in [0.2, 0.25) is 5.82 Å². The Hall–Kier alpha value is -1.97. The molecule has 2 unspecified atom stereocenters. The molecule has 0 N–H and O–H groups in total. The van der Waals surface area contributed by atoms with Gasteiger partial charge in [-0.05, 0) is 17.3 Å². The zero-order valence-corrected chi connectivity index (χ0v) is 17.2. The highest BCUT2D eigenvalue weighted by Gasteiger charge is 2.41. The summed E-state index contributed by atoms with van der Waals surface area (Å²) in [5.41, 5.74) is 0.679. The fraction of sp³-hybridized carbons (Fsp3) is 0.412. The minimum absolute atomic E-state index is 0.141. The number of hydrogen-bond donors (Lipinski definition) is 0. The number of fused-ring (bicyclic) bond motifs is 1. The van der Waals surface area contributed by atoms with Crippen LogP contribution in [-0.4, -0.2) is 51.4 Å². The molecule has 0 aliphatic carbocycles. The van der Waals surface area contributed by atoms with E-state index in [0.717, 1.165) is 36.2 Å². The first kappa shape index (κ1) is 18.1. The van der Waals surface area contributed by atoms with E-state index in [2.05, 4.69) is 30.2 Å². The second-order valence-electron chi connectivity index (χ2n) is 7.16. The molecule has 2 aliphatic heterocycles. The van der Waals surface area contributed by atoms with E-state index in [0.29, 0.717) is 28.4 Å². The predicted octanol–water partition coefficient (Wildman–Crippen LogP) is 3.35. The van der Waals surface area contributed by atoms with Crippen LogP contribution >= 0.6 is 34.5 Å². The summed E-state index contributed by atoms with van der Waals surface area (Å²) in [4.78, 5) is 11.3. The van der Waals surface area contributed by atoms with E-state index in [-0.39, 0.29) is 5.02 Å². The fourth-order valence-electron chi connectivity index (χ4n) is 4.02. The summed E-state index contributed by atoms with van der Waals surface area (Å²) in [6.07, 6.45) is 1.80. The number of anilines is 2. The van der Waals surface area contributed by atoms with Crippen molar-refractivity contribution in [1.29, 1.82) is 0 Å². The van der Waals surface area contributed by atoms with E-state index in [4.69, 9.17) is 23.2 Å². The van der Waals surface area contributed by atoms with Gasteiger partial charge in [0.15, 0.2) is 5.13 Å². The SMILES string of the molecule is Cn1nnc(-c2cnc(N3CC4CN(c5cc(Cl)cc(F)c5Cl)CC4C3)s2)n1. The molecule has 2 saturated heterocycles. The van der Waals surface area contributed by atoms with Gasteiger partial charge in [-0.15, -0.1) is 10.2 Å². The van der Waals surface area contributed by atoms with Crippen LogP contribution in [0.2, 0.25) is 10.0 Å². The molecule has 0 bridgehead atoms. The molecule has 0 spiro atoms. The highest BCUT2D eigenvalue weighted by Crippen LogP contribution is 2.41. The summed E-state index contributed by atoms with van der Waals surface area (Å²) in [6, 6.07) is 2.99. The van der Waals surface area contributed by atoms with Crippen LogP contribution in [0.3, 0.4) is 0 Å². The van der Waals surface area contributed by atoms with E-state index >= 15 is 0 Å². The molecule has 146 valence electrons. The van der Waals surface area contributed by atoms with E-state index in [1.165, 1.54) is 10.9 Å². The van der Waals surface area contributed by atoms with Gasteiger partial charge < -0.3 is 9.80 Å². The van der Waals surface area contributed by atoms with Crippen LogP contribution in [0.25, 0.3) is 10.7 Å². The normalized spacial score (nSPS) is 21.6. The quantitative estimate of drug-likeness (QED) is 0.583. The number of hydrogen-bond acceptors (Lipinski definition) is 7. The molecule has 1 aromatic carbocycles. The van der Waals surface area contributed by atoms with E-state index < -0.39 is 5.82 Å². The fourth-order valence-corrected chi connectivity index (χ4v) is 5.30. The van der Waals surface area contributed by atoms with Gasteiger partial charge in [-0.2, -0.15) is 4.80 Å². The Kier molecular flexibility index (Phi) is 4.41. The van der Waals surface area contributed by atoms with Crippen LogP contribution in [0, 0.1) is 17.7 Å². The lowest BCUT2D eigenvalue weighted by atomic mass is 10.0. The Morgan fingerprint density at radius 3 is 2.50 bits per heavy atom. The van der Waals surface area contributed by atoms with Gasteiger partial charge in [-0.1, -0.05) is 34.5 Å². The third kappa shape index (κ3) is 3.11. The maximum atomic E-state index is 13.9. The second kappa shape index (κ2) is 6.82. The highest BCUT2D eigenvalue weighted by molar-refractivity contribution is 7.18. The molecular weight excluding hydrogens is 424 g/mol. The molecule has 2 atom stereocenters. The monoisotopic (exact) mass is 439 g/mol. The van der Waals surface area contributed by atoms with Crippen molar-refractivity contribution in [3.05, 3.63) is 34.2 Å². The number of aromatic nitrogens is 5. The molecule has 3 aromatic rings. The number of benzene rings is 1. The lowest BCUT2D eigenvalue weighted by molar-refractivity contribution is 0.533. The first-order chi connectivity index (χ1) is 13.5. The third-order valence-electron chi connectivity index (χ3n) is 5.29. The lowest BCUT2D eigenvalue weighted by Gasteiger charge is -2.24. The van der Waals surface area contributed by atoms with E-state index in [9.17, 15) is 4.39 Å².